The Kier molecular flexibility index (Phi) is 3.71. The van der Waals surface area contributed by atoms with Crippen molar-refractivity contribution >= 4 is 0 Å². The molecule has 86 valence electrons. The Morgan fingerprint density at radius 3 is 2.94 bits per heavy atom. The monoisotopic (exact) mass is 219 g/mol. The molecule has 5 nitrogen and oxygen atoms in total. The molecule has 0 saturated heterocycles. The Labute approximate surface area is 95.1 Å². The molecule has 0 radical (unpaired) electrons. The van der Waals surface area contributed by atoms with Crippen molar-refractivity contribution in [2.45, 2.75) is 26.1 Å². The van der Waals surface area contributed by atoms with E-state index in [1.165, 1.54) is 0 Å². The predicted octanol–water partition coefficient (Wildman–Crippen LogP) is 0.758. The van der Waals surface area contributed by atoms with E-state index in [1.807, 2.05) is 29.5 Å². The van der Waals surface area contributed by atoms with Gasteiger partial charge in [-0.1, -0.05) is 0 Å². The topological polar surface area (TPSA) is 47.7 Å². The van der Waals surface area contributed by atoms with Gasteiger partial charge in [-0.3, -0.25) is 4.68 Å². The van der Waals surface area contributed by atoms with Crippen LogP contribution in [-0.2, 0) is 13.1 Å². The van der Waals surface area contributed by atoms with Crippen LogP contribution in [-0.4, -0.2) is 31.9 Å². The largest absolute Gasteiger partial charge is 0.336 e. The van der Waals surface area contributed by atoms with Gasteiger partial charge in [0.05, 0.1) is 12.9 Å². The molecule has 2 heterocycles. The lowest BCUT2D eigenvalue weighted by Gasteiger charge is -2.14. The summed E-state index contributed by atoms with van der Waals surface area (Å²) in [5, 5.41) is 7.60. The summed E-state index contributed by atoms with van der Waals surface area (Å²) in [6, 6.07) is 2.37. The van der Waals surface area contributed by atoms with Gasteiger partial charge in [0.25, 0.3) is 0 Å². The van der Waals surface area contributed by atoms with E-state index in [9.17, 15) is 0 Å². The molecule has 5 heteroatoms. The molecule has 16 heavy (non-hydrogen) atoms. The third kappa shape index (κ3) is 3.20. The van der Waals surface area contributed by atoms with E-state index >= 15 is 0 Å². The molecular weight excluding hydrogens is 202 g/mol. The van der Waals surface area contributed by atoms with Gasteiger partial charge in [0.2, 0.25) is 0 Å². The normalized spacial score (nSPS) is 12.8. The maximum absolute atomic E-state index is 4.15. The van der Waals surface area contributed by atoms with Crippen LogP contribution in [0.2, 0.25) is 0 Å². The van der Waals surface area contributed by atoms with Crippen molar-refractivity contribution in [3.63, 3.8) is 0 Å². The fourth-order valence-corrected chi connectivity index (χ4v) is 1.63. The predicted molar refractivity (Wildman–Crippen MR) is 61.9 cm³/mol. The highest BCUT2D eigenvalue weighted by molar-refractivity contribution is 4.78. The minimum Gasteiger partial charge on any atom is -0.336 e. The maximum Gasteiger partial charge on any atom is 0.0946 e. The highest BCUT2D eigenvalue weighted by Crippen LogP contribution is 1.91. The van der Waals surface area contributed by atoms with E-state index in [-0.39, 0.29) is 0 Å². The molecule has 0 spiro atoms. The van der Waals surface area contributed by atoms with Crippen molar-refractivity contribution < 1.29 is 0 Å². The van der Waals surface area contributed by atoms with Crippen molar-refractivity contribution in [1.82, 2.24) is 24.6 Å². The molecule has 1 N–H and O–H groups in total. The van der Waals surface area contributed by atoms with Gasteiger partial charge in [0, 0.05) is 43.9 Å². The zero-order valence-electron chi connectivity index (χ0n) is 9.45. The van der Waals surface area contributed by atoms with Crippen molar-refractivity contribution in [2.24, 2.45) is 0 Å². The number of hydrogen-bond donors (Lipinski definition) is 1. The molecule has 0 aromatic carbocycles. The fourth-order valence-electron chi connectivity index (χ4n) is 1.63. The average molecular weight is 219 g/mol. The van der Waals surface area contributed by atoms with Crippen LogP contribution >= 0.6 is 0 Å². The summed E-state index contributed by atoms with van der Waals surface area (Å²) in [7, 11) is 0. The van der Waals surface area contributed by atoms with Crippen LogP contribution in [0.3, 0.4) is 0 Å². The average Bonchev–Trinajstić information content (AvgIpc) is 2.90. The standard InChI is InChI=1S/C11H17N5/c1-11(9-15-7-4-12-10-15)13-5-8-16-6-2-3-14-16/h2-4,6-7,10-11,13H,5,8-9H2,1H3. The Morgan fingerprint density at radius 2 is 2.25 bits per heavy atom. The fraction of sp³-hybridized carbons (Fsp3) is 0.455. The molecule has 0 fully saturated rings. The molecule has 0 aliphatic heterocycles. The third-order valence-electron chi connectivity index (χ3n) is 2.44. The van der Waals surface area contributed by atoms with E-state index in [0.29, 0.717) is 6.04 Å². The first-order valence-electron chi connectivity index (χ1n) is 5.51. The second kappa shape index (κ2) is 5.46. The minimum atomic E-state index is 0.435. The Morgan fingerprint density at radius 1 is 1.31 bits per heavy atom. The molecule has 1 unspecified atom stereocenters. The minimum absolute atomic E-state index is 0.435. The maximum atomic E-state index is 4.15. The van der Waals surface area contributed by atoms with Crippen molar-refractivity contribution in [1.29, 1.82) is 0 Å². The van der Waals surface area contributed by atoms with Crippen LogP contribution in [0.4, 0.5) is 0 Å². The summed E-state index contributed by atoms with van der Waals surface area (Å²) in [6.45, 7) is 4.95. The summed E-state index contributed by atoms with van der Waals surface area (Å²) in [5.41, 5.74) is 0. The van der Waals surface area contributed by atoms with Crippen LogP contribution in [0.25, 0.3) is 0 Å². The Bertz CT molecular complexity index is 378. The van der Waals surface area contributed by atoms with Gasteiger partial charge in [-0.25, -0.2) is 4.98 Å². The van der Waals surface area contributed by atoms with Gasteiger partial charge in [0.1, 0.15) is 0 Å². The first-order chi connectivity index (χ1) is 7.84. The van der Waals surface area contributed by atoms with Gasteiger partial charge < -0.3 is 9.88 Å². The third-order valence-corrected chi connectivity index (χ3v) is 2.44. The molecular formula is C11H17N5. The summed E-state index contributed by atoms with van der Waals surface area (Å²) >= 11 is 0. The Hall–Kier alpha value is -1.62. The molecule has 2 aromatic rings. The van der Waals surface area contributed by atoms with Crippen molar-refractivity contribution in [3.8, 4) is 0 Å². The number of rotatable bonds is 6. The lowest BCUT2D eigenvalue weighted by Crippen LogP contribution is -2.32. The van der Waals surface area contributed by atoms with Crippen molar-refractivity contribution in [3.05, 3.63) is 37.2 Å². The van der Waals surface area contributed by atoms with E-state index in [4.69, 9.17) is 0 Å². The molecule has 0 aliphatic rings. The quantitative estimate of drug-likeness (QED) is 0.780. The SMILES string of the molecule is CC(Cn1ccnc1)NCCn1cccn1. The number of nitrogens with zero attached hydrogens (tertiary/aromatic N) is 4. The molecule has 0 bridgehead atoms. The summed E-state index contributed by atoms with van der Waals surface area (Å²) < 4.78 is 4.00. The van der Waals surface area contributed by atoms with Gasteiger partial charge in [-0.15, -0.1) is 0 Å². The van der Waals surface area contributed by atoms with Crippen LogP contribution in [0.1, 0.15) is 6.92 Å². The number of nitrogens with one attached hydrogen (secondary N) is 1. The van der Waals surface area contributed by atoms with Crippen LogP contribution in [0.5, 0.6) is 0 Å². The summed E-state index contributed by atoms with van der Waals surface area (Å²) in [6.07, 6.45) is 9.39. The van der Waals surface area contributed by atoms with Gasteiger partial charge in [0.15, 0.2) is 0 Å². The van der Waals surface area contributed by atoms with Crippen molar-refractivity contribution in [2.75, 3.05) is 6.54 Å². The number of hydrogen-bond acceptors (Lipinski definition) is 3. The van der Waals surface area contributed by atoms with Gasteiger partial charge in [-0.2, -0.15) is 5.10 Å². The molecule has 0 aliphatic carbocycles. The molecule has 0 amide bonds. The second-order valence-corrected chi connectivity index (χ2v) is 3.88. The zero-order valence-corrected chi connectivity index (χ0v) is 9.45. The molecule has 0 saturated carbocycles. The number of aromatic nitrogens is 4. The molecule has 2 aromatic heterocycles. The van der Waals surface area contributed by atoms with E-state index in [0.717, 1.165) is 19.6 Å². The highest BCUT2D eigenvalue weighted by Gasteiger charge is 2.01. The van der Waals surface area contributed by atoms with Gasteiger partial charge >= 0.3 is 0 Å². The molecule has 2 rings (SSSR count). The van der Waals surface area contributed by atoms with E-state index in [2.05, 4.69) is 26.9 Å². The lowest BCUT2D eigenvalue weighted by atomic mass is 10.3. The van der Waals surface area contributed by atoms with Crippen LogP contribution in [0, 0.1) is 0 Å². The number of imidazole rings is 1. The van der Waals surface area contributed by atoms with E-state index in [1.54, 1.807) is 12.4 Å². The van der Waals surface area contributed by atoms with Gasteiger partial charge in [-0.05, 0) is 13.0 Å². The first kappa shape index (κ1) is 10.9. The lowest BCUT2D eigenvalue weighted by molar-refractivity contribution is 0.451. The second-order valence-electron chi connectivity index (χ2n) is 3.88. The summed E-state index contributed by atoms with van der Waals surface area (Å²) in [4.78, 5) is 4.02. The summed E-state index contributed by atoms with van der Waals surface area (Å²) in [5.74, 6) is 0. The first-order valence-corrected chi connectivity index (χ1v) is 5.51. The van der Waals surface area contributed by atoms with E-state index < -0.39 is 0 Å². The van der Waals surface area contributed by atoms with Crippen LogP contribution < -0.4 is 5.32 Å². The molecule has 1 atom stereocenters. The highest BCUT2D eigenvalue weighted by atomic mass is 15.3. The van der Waals surface area contributed by atoms with Crippen LogP contribution in [0.15, 0.2) is 37.2 Å². The smallest absolute Gasteiger partial charge is 0.0946 e. The zero-order chi connectivity index (χ0) is 11.2. The Balaban J connectivity index is 1.66.